The van der Waals surface area contributed by atoms with Crippen LogP contribution >= 0.6 is 0 Å². The highest BCUT2D eigenvalue weighted by Crippen LogP contribution is 2.17. The van der Waals surface area contributed by atoms with E-state index in [1.54, 1.807) is 4.68 Å². The van der Waals surface area contributed by atoms with E-state index in [0.29, 0.717) is 6.42 Å². The molecule has 0 aromatic carbocycles. The van der Waals surface area contributed by atoms with E-state index in [1.165, 1.54) is 0 Å². The molecule has 1 unspecified atom stereocenters. The molecule has 1 heterocycles. The summed E-state index contributed by atoms with van der Waals surface area (Å²) in [5, 5.41) is 4.30. The fourth-order valence-electron chi connectivity index (χ4n) is 1.37. The Hall–Kier alpha value is -1.27. The molecule has 0 aliphatic rings. The second-order valence-corrected chi connectivity index (χ2v) is 3.07. The van der Waals surface area contributed by atoms with Crippen molar-refractivity contribution in [3.63, 3.8) is 0 Å². The second kappa shape index (κ2) is 4.11. The first kappa shape index (κ1) is 9.82. The van der Waals surface area contributed by atoms with E-state index in [4.69, 9.17) is 12.2 Å². The van der Waals surface area contributed by atoms with E-state index < -0.39 is 0 Å². The minimum absolute atomic E-state index is 0.0753. The van der Waals surface area contributed by atoms with Gasteiger partial charge in [-0.2, -0.15) is 5.10 Å². The quantitative estimate of drug-likeness (QED) is 0.700. The second-order valence-electron chi connectivity index (χ2n) is 3.07. The molecule has 1 atom stereocenters. The van der Waals surface area contributed by atoms with E-state index >= 15 is 0 Å². The van der Waals surface area contributed by atoms with Gasteiger partial charge >= 0.3 is 0 Å². The number of aryl methyl sites for hydroxylation is 2. The maximum atomic E-state index is 5.90. The summed E-state index contributed by atoms with van der Waals surface area (Å²) in [6.07, 6.45) is 8.62. The molecule has 0 saturated carbocycles. The van der Waals surface area contributed by atoms with Crippen LogP contribution in [0.5, 0.6) is 0 Å². The molecule has 1 rings (SSSR count). The van der Waals surface area contributed by atoms with Crippen molar-refractivity contribution in [1.82, 2.24) is 9.78 Å². The Morgan fingerprint density at radius 3 is 3.00 bits per heavy atom. The van der Waals surface area contributed by atoms with Gasteiger partial charge in [-0.05, 0) is 6.42 Å². The average Bonchev–Trinajstić information content (AvgIpc) is 2.47. The van der Waals surface area contributed by atoms with Crippen LogP contribution < -0.4 is 5.73 Å². The number of terminal acetylenes is 1. The van der Waals surface area contributed by atoms with Gasteiger partial charge in [0.25, 0.3) is 0 Å². The Morgan fingerprint density at radius 2 is 2.46 bits per heavy atom. The van der Waals surface area contributed by atoms with Crippen LogP contribution in [0.2, 0.25) is 0 Å². The lowest BCUT2D eigenvalue weighted by molar-refractivity contribution is 0.742. The highest BCUT2D eigenvalue weighted by atomic mass is 15.3. The fraction of sp³-hybridized carbons (Fsp3) is 0.500. The van der Waals surface area contributed by atoms with E-state index in [2.05, 4.69) is 17.9 Å². The summed E-state index contributed by atoms with van der Waals surface area (Å²) in [6, 6.07) is -0.0753. The predicted molar refractivity (Wildman–Crippen MR) is 53.0 cm³/mol. The molecule has 0 aliphatic carbocycles. The van der Waals surface area contributed by atoms with Crippen molar-refractivity contribution in [1.29, 1.82) is 0 Å². The molecule has 3 nitrogen and oxygen atoms in total. The predicted octanol–water partition coefficient (Wildman–Crippen LogP) is 1.01. The molecule has 0 bridgehead atoms. The maximum Gasteiger partial charge on any atom is 0.0669 e. The highest BCUT2D eigenvalue weighted by Gasteiger charge is 2.12. The van der Waals surface area contributed by atoms with Crippen LogP contribution in [0, 0.1) is 12.3 Å². The van der Waals surface area contributed by atoms with Crippen LogP contribution in [-0.4, -0.2) is 9.78 Å². The van der Waals surface area contributed by atoms with Crippen molar-refractivity contribution >= 4 is 0 Å². The summed E-state index contributed by atoms with van der Waals surface area (Å²) in [6.45, 7) is 2.06. The number of nitrogens with two attached hydrogens (primary N) is 1. The third-order valence-corrected chi connectivity index (χ3v) is 2.01. The summed E-state index contributed by atoms with van der Waals surface area (Å²) in [5.41, 5.74) is 8.02. The van der Waals surface area contributed by atoms with Gasteiger partial charge < -0.3 is 5.73 Å². The van der Waals surface area contributed by atoms with Gasteiger partial charge in [-0.25, -0.2) is 0 Å². The minimum atomic E-state index is -0.0753. The Morgan fingerprint density at radius 1 is 1.77 bits per heavy atom. The zero-order chi connectivity index (χ0) is 9.84. The lowest BCUT2D eigenvalue weighted by Gasteiger charge is -2.06. The molecule has 0 fully saturated rings. The van der Waals surface area contributed by atoms with E-state index in [1.807, 2.05) is 13.2 Å². The molecule has 13 heavy (non-hydrogen) atoms. The van der Waals surface area contributed by atoms with E-state index in [-0.39, 0.29) is 6.04 Å². The molecular weight excluding hydrogens is 162 g/mol. The number of aromatic nitrogens is 2. The third kappa shape index (κ3) is 2.10. The van der Waals surface area contributed by atoms with Crippen LogP contribution in [0.3, 0.4) is 0 Å². The molecule has 0 spiro atoms. The largest absolute Gasteiger partial charge is 0.323 e. The molecule has 0 saturated heterocycles. The van der Waals surface area contributed by atoms with E-state index in [0.717, 1.165) is 17.7 Å². The first-order valence-corrected chi connectivity index (χ1v) is 4.40. The molecule has 0 radical (unpaired) electrons. The van der Waals surface area contributed by atoms with Crippen molar-refractivity contribution < 1.29 is 0 Å². The molecule has 1 aromatic rings. The number of hydrogen-bond acceptors (Lipinski definition) is 2. The molecule has 70 valence electrons. The first-order valence-electron chi connectivity index (χ1n) is 4.40. The number of hydrogen-bond donors (Lipinski definition) is 1. The van der Waals surface area contributed by atoms with Gasteiger partial charge in [0.2, 0.25) is 0 Å². The van der Waals surface area contributed by atoms with Crippen LogP contribution in [0.1, 0.15) is 30.6 Å². The molecular formula is C10H15N3. The van der Waals surface area contributed by atoms with Crippen molar-refractivity contribution in [2.24, 2.45) is 12.8 Å². The van der Waals surface area contributed by atoms with Gasteiger partial charge in [0.1, 0.15) is 0 Å². The molecule has 1 aromatic heterocycles. The summed E-state index contributed by atoms with van der Waals surface area (Å²) in [4.78, 5) is 0. The number of nitrogens with zero attached hydrogens (tertiary/aromatic N) is 2. The summed E-state index contributed by atoms with van der Waals surface area (Å²) >= 11 is 0. The lowest BCUT2D eigenvalue weighted by Crippen LogP contribution is -2.10. The zero-order valence-electron chi connectivity index (χ0n) is 8.12. The first-order chi connectivity index (χ1) is 6.19. The molecule has 0 aliphatic heterocycles. The van der Waals surface area contributed by atoms with Crippen molar-refractivity contribution in [3.05, 3.63) is 17.5 Å². The average molecular weight is 177 g/mol. The molecule has 2 N–H and O–H groups in total. The van der Waals surface area contributed by atoms with Crippen molar-refractivity contribution in [2.45, 2.75) is 25.8 Å². The van der Waals surface area contributed by atoms with Crippen molar-refractivity contribution in [2.75, 3.05) is 0 Å². The number of rotatable bonds is 3. The van der Waals surface area contributed by atoms with E-state index in [9.17, 15) is 0 Å². The van der Waals surface area contributed by atoms with Gasteiger partial charge in [-0.15, -0.1) is 12.3 Å². The summed E-state index contributed by atoms with van der Waals surface area (Å²) < 4.78 is 1.78. The van der Waals surface area contributed by atoms with Gasteiger partial charge in [0.05, 0.1) is 5.69 Å². The maximum absolute atomic E-state index is 5.90. The Balaban J connectivity index is 2.92. The third-order valence-electron chi connectivity index (χ3n) is 2.01. The molecule has 0 amide bonds. The highest BCUT2D eigenvalue weighted by molar-refractivity contribution is 5.22. The van der Waals surface area contributed by atoms with Crippen LogP contribution in [-0.2, 0) is 13.5 Å². The standard InChI is InChI=1S/C10H15N3/c1-4-6-9(11)8-7-13(3)12-10(8)5-2/h1,7,9H,5-6,11H2,2-3H3. The monoisotopic (exact) mass is 177 g/mol. The van der Waals surface area contributed by atoms with Crippen molar-refractivity contribution in [3.8, 4) is 12.3 Å². The van der Waals surface area contributed by atoms with Crippen LogP contribution in [0.15, 0.2) is 6.20 Å². The summed E-state index contributed by atoms with van der Waals surface area (Å²) in [7, 11) is 1.89. The van der Waals surface area contributed by atoms with Gasteiger partial charge in [0.15, 0.2) is 0 Å². The van der Waals surface area contributed by atoms with Crippen LogP contribution in [0.25, 0.3) is 0 Å². The topological polar surface area (TPSA) is 43.8 Å². The Bertz CT molecular complexity index is 319. The Kier molecular flexibility index (Phi) is 3.10. The molecule has 3 heteroatoms. The van der Waals surface area contributed by atoms with Gasteiger partial charge in [-0.1, -0.05) is 6.92 Å². The fourth-order valence-corrected chi connectivity index (χ4v) is 1.37. The normalized spacial score (nSPS) is 12.5. The van der Waals surface area contributed by atoms with Crippen LogP contribution in [0.4, 0.5) is 0 Å². The summed E-state index contributed by atoms with van der Waals surface area (Å²) in [5.74, 6) is 2.56. The zero-order valence-corrected chi connectivity index (χ0v) is 8.12. The smallest absolute Gasteiger partial charge is 0.0669 e. The van der Waals surface area contributed by atoms with Gasteiger partial charge in [-0.3, -0.25) is 4.68 Å². The minimum Gasteiger partial charge on any atom is -0.323 e. The van der Waals surface area contributed by atoms with Gasteiger partial charge in [0, 0.05) is 31.3 Å². The lowest BCUT2D eigenvalue weighted by atomic mass is 10.1. The SMILES string of the molecule is C#CCC(N)c1cn(C)nc1CC. The Labute approximate surface area is 78.9 Å².